The van der Waals surface area contributed by atoms with Crippen LogP contribution >= 0.6 is 0 Å². The summed E-state index contributed by atoms with van der Waals surface area (Å²) in [5, 5.41) is 3.67. The lowest BCUT2D eigenvalue weighted by molar-refractivity contribution is 0.0933. The Morgan fingerprint density at radius 3 is 2.35 bits per heavy atom. The summed E-state index contributed by atoms with van der Waals surface area (Å²) in [7, 11) is 1.78. The van der Waals surface area contributed by atoms with E-state index >= 15 is 0 Å². The van der Waals surface area contributed by atoms with E-state index in [1.165, 1.54) is 25.9 Å². The molecule has 102 valence electrons. The van der Waals surface area contributed by atoms with Crippen molar-refractivity contribution in [1.29, 1.82) is 0 Å². The maximum Gasteiger partial charge on any atom is 0.0499 e. The smallest absolute Gasteiger partial charge is 0.0499 e. The number of methoxy groups -OCH3 is 1. The first kappa shape index (κ1) is 14.9. The number of hydrogen-bond acceptors (Lipinski definition) is 3. The van der Waals surface area contributed by atoms with Gasteiger partial charge in [-0.05, 0) is 39.5 Å². The van der Waals surface area contributed by atoms with Crippen LogP contribution in [0.3, 0.4) is 0 Å². The molecule has 0 spiro atoms. The number of hydrogen-bond donors (Lipinski definition) is 1. The molecule has 0 aromatic heterocycles. The van der Waals surface area contributed by atoms with E-state index in [0.717, 1.165) is 13.2 Å². The molecule has 3 heteroatoms. The predicted molar refractivity (Wildman–Crippen MR) is 73.4 cm³/mol. The van der Waals surface area contributed by atoms with E-state index in [-0.39, 0.29) is 0 Å². The highest BCUT2D eigenvalue weighted by molar-refractivity contribution is 4.84. The fourth-order valence-electron chi connectivity index (χ4n) is 2.47. The normalized spacial score (nSPS) is 21.7. The van der Waals surface area contributed by atoms with Crippen LogP contribution in [0.1, 0.15) is 40.5 Å². The van der Waals surface area contributed by atoms with Gasteiger partial charge in [-0.2, -0.15) is 0 Å². The largest absolute Gasteiger partial charge is 0.384 e. The van der Waals surface area contributed by atoms with Crippen LogP contribution in [0.25, 0.3) is 0 Å². The molecular weight excluding hydrogens is 212 g/mol. The first-order chi connectivity index (χ1) is 7.93. The van der Waals surface area contributed by atoms with Gasteiger partial charge in [0.2, 0.25) is 0 Å². The molecule has 0 aromatic rings. The Labute approximate surface area is 107 Å². The van der Waals surface area contributed by atoms with Crippen LogP contribution in [0.4, 0.5) is 0 Å². The molecule has 0 bridgehead atoms. The average molecular weight is 242 g/mol. The van der Waals surface area contributed by atoms with Gasteiger partial charge < -0.3 is 10.1 Å². The van der Waals surface area contributed by atoms with Crippen LogP contribution in [-0.2, 0) is 4.74 Å². The molecule has 1 rings (SSSR count). The van der Waals surface area contributed by atoms with Crippen molar-refractivity contribution < 1.29 is 4.74 Å². The van der Waals surface area contributed by atoms with Crippen LogP contribution in [0.15, 0.2) is 0 Å². The van der Waals surface area contributed by atoms with Gasteiger partial charge in [0, 0.05) is 44.9 Å². The third-order valence-electron chi connectivity index (χ3n) is 3.65. The molecule has 3 nitrogen and oxygen atoms in total. The summed E-state index contributed by atoms with van der Waals surface area (Å²) in [6, 6.07) is 0.702. The second-order valence-corrected chi connectivity index (χ2v) is 6.40. The molecule has 17 heavy (non-hydrogen) atoms. The fourth-order valence-corrected chi connectivity index (χ4v) is 2.47. The zero-order valence-corrected chi connectivity index (χ0v) is 12.3. The van der Waals surface area contributed by atoms with E-state index in [9.17, 15) is 0 Å². The molecule has 0 amide bonds. The zero-order chi connectivity index (χ0) is 12.9. The Balaban J connectivity index is 2.19. The Kier molecular flexibility index (Phi) is 5.90. The molecule has 1 fully saturated rings. The van der Waals surface area contributed by atoms with Crippen molar-refractivity contribution in [3.05, 3.63) is 0 Å². The molecule has 0 saturated carbocycles. The number of likely N-dealkylation sites (tertiary alicyclic amines) is 1. The average Bonchev–Trinajstić information content (AvgIpc) is 2.26. The number of rotatable bonds is 5. The van der Waals surface area contributed by atoms with Crippen LogP contribution < -0.4 is 5.32 Å². The van der Waals surface area contributed by atoms with Gasteiger partial charge in [0.05, 0.1) is 0 Å². The summed E-state index contributed by atoms with van der Waals surface area (Å²) in [5.41, 5.74) is 0.328. The van der Waals surface area contributed by atoms with Crippen LogP contribution in [0, 0.1) is 5.92 Å². The van der Waals surface area contributed by atoms with Crippen molar-refractivity contribution in [3.8, 4) is 0 Å². The highest BCUT2D eigenvalue weighted by atomic mass is 16.5. The molecule has 1 aliphatic heterocycles. The molecule has 1 saturated heterocycles. The summed E-state index contributed by atoms with van der Waals surface area (Å²) in [4.78, 5) is 2.59. The van der Waals surface area contributed by atoms with Gasteiger partial charge in [-0.15, -0.1) is 0 Å². The molecule has 1 N–H and O–H groups in total. The van der Waals surface area contributed by atoms with Gasteiger partial charge in [-0.25, -0.2) is 0 Å². The van der Waals surface area contributed by atoms with E-state index in [0.29, 0.717) is 17.5 Å². The van der Waals surface area contributed by atoms with Crippen LogP contribution in [0.2, 0.25) is 0 Å². The van der Waals surface area contributed by atoms with Crippen molar-refractivity contribution in [2.45, 2.75) is 52.1 Å². The van der Waals surface area contributed by atoms with Crippen molar-refractivity contribution in [2.75, 3.05) is 33.4 Å². The standard InChI is InChI=1S/C14H30N2O/c1-12(11-17-5)10-15-13-6-8-16(9-7-13)14(2,3)4/h12-13,15H,6-11H2,1-5H3. The predicted octanol–water partition coefficient (Wildman–Crippen LogP) is 2.12. The SMILES string of the molecule is COCC(C)CNC1CCN(C(C)(C)C)CC1. The number of piperidine rings is 1. The topological polar surface area (TPSA) is 24.5 Å². The third-order valence-corrected chi connectivity index (χ3v) is 3.65. The van der Waals surface area contributed by atoms with Gasteiger partial charge in [-0.3, -0.25) is 4.90 Å². The Morgan fingerprint density at radius 2 is 1.88 bits per heavy atom. The molecule has 1 atom stereocenters. The second kappa shape index (κ2) is 6.72. The molecule has 0 radical (unpaired) electrons. The summed E-state index contributed by atoms with van der Waals surface area (Å²) < 4.78 is 5.16. The highest BCUT2D eigenvalue weighted by Gasteiger charge is 2.26. The van der Waals surface area contributed by atoms with Gasteiger partial charge in [0.1, 0.15) is 0 Å². The van der Waals surface area contributed by atoms with Gasteiger partial charge in [0.15, 0.2) is 0 Å². The van der Waals surface area contributed by atoms with Crippen molar-refractivity contribution in [3.63, 3.8) is 0 Å². The molecule has 1 heterocycles. The molecule has 0 aliphatic carbocycles. The quantitative estimate of drug-likeness (QED) is 0.799. The molecule has 1 aliphatic rings. The van der Waals surface area contributed by atoms with Gasteiger partial charge >= 0.3 is 0 Å². The van der Waals surface area contributed by atoms with E-state index in [2.05, 4.69) is 37.9 Å². The maximum atomic E-state index is 5.16. The lowest BCUT2D eigenvalue weighted by atomic mass is 9.98. The monoisotopic (exact) mass is 242 g/mol. The molecule has 1 unspecified atom stereocenters. The minimum absolute atomic E-state index is 0.328. The minimum atomic E-state index is 0.328. The Bertz CT molecular complexity index is 205. The van der Waals surface area contributed by atoms with E-state index < -0.39 is 0 Å². The first-order valence-corrected chi connectivity index (χ1v) is 6.91. The zero-order valence-electron chi connectivity index (χ0n) is 12.3. The summed E-state index contributed by atoms with van der Waals surface area (Å²) in [5.74, 6) is 0.612. The van der Waals surface area contributed by atoms with Crippen LogP contribution in [-0.4, -0.2) is 49.8 Å². The number of nitrogens with one attached hydrogen (secondary N) is 1. The van der Waals surface area contributed by atoms with E-state index in [1.54, 1.807) is 7.11 Å². The maximum absolute atomic E-state index is 5.16. The Hall–Kier alpha value is -0.120. The van der Waals surface area contributed by atoms with Crippen molar-refractivity contribution in [1.82, 2.24) is 10.2 Å². The fraction of sp³-hybridized carbons (Fsp3) is 1.00. The molecule has 0 aromatic carbocycles. The molecular formula is C14H30N2O. The van der Waals surface area contributed by atoms with E-state index in [1.807, 2.05) is 0 Å². The lowest BCUT2D eigenvalue weighted by Gasteiger charge is -2.41. The summed E-state index contributed by atoms with van der Waals surface area (Å²) in [6.07, 6.45) is 2.55. The highest BCUT2D eigenvalue weighted by Crippen LogP contribution is 2.20. The minimum Gasteiger partial charge on any atom is -0.384 e. The second-order valence-electron chi connectivity index (χ2n) is 6.40. The first-order valence-electron chi connectivity index (χ1n) is 6.91. The lowest BCUT2D eigenvalue weighted by Crippen LogP contribution is -2.50. The van der Waals surface area contributed by atoms with Gasteiger partial charge in [0.25, 0.3) is 0 Å². The number of ether oxygens (including phenoxy) is 1. The van der Waals surface area contributed by atoms with Crippen LogP contribution in [0.5, 0.6) is 0 Å². The van der Waals surface area contributed by atoms with Crippen molar-refractivity contribution in [2.24, 2.45) is 5.92 Å². The van der Waals surface area contributed by atoms with E-state index in [4.69, 9.17) is 4.74 Å². The van der Waals surface area contributed by atoms with Crippen molar-refractivity contribution >= 4 is 0 Å². The summed E-state index contributed by atoms with van der Waals surface area (Å²) >= 11 is 0. The van der Waals surface area contributed by atoms with Gasteiger partial charge in [-0.1, -0.05) is 6.92 Å². The third kappa shape index (κ3) is 5.36. The number of nitrogens with zero attached hydrogens (tertiary/aromatic N) is 1. The Morgan fingerprint density at radius 1 is 1.29 bits per heavy atom. The summed E-state index contributed by atoms with van der Waals surface area (Å²) in [6.45, 7) is 13.5.